The van der Waals surface area contributed by atoms with Crippen LogP contribution in [0.1, 0.15) is 6.92 Å². The Hall–Kier alpha value is 0.0300. The number of aliphatic hydroxyl groups excluding tert-OH is 1. The fourth-order valence-corrected chi connectivity index (χ4v) is 0.566. The van der Waals surface area contributed by atoms with E-state index in [1.165, 1.54) is 6.92 Å². The molecule has 2 atom stereocenters. The van der Waals surface area contributed by atoms with Crippen LogP contribution in [0.4, 0.5) is 0 Å². The van der Waals surface area contributed by atoms with Gasteiger partial charge in [0.05, 0.1) is 6.10 Å². The molecule has 0 heterocycles. The molecule has 2 N–H and O–H groups in total. The van der Waals surface area contributed by atoms with Crippen LogP contribution < -0.4 is 4.72 Å². The maximum absolute atomic E-state index is 9.68. The largest absolute Gasteiger partial charge is 0.760 e. The second-order valence-electron chi connectivity index (χ2n) is 1.43. The summed E-state index contributed by atoms with van der Waals surface area (Å²) in [5, 5.41) is 8.47. The zero-order chi connectivity index (χ0) is 6.57. The third-order valence-corrected chi connectivity index (χ3v) is 0.899. The fourth-order valence-electron chi connectivity index (χ4n) is 0.189. The molecule has 0 rings (SSSR count). The van der Waals surface area contributed by atoms with Gasteiger partial charge in [-0.3, -0.25) is 4.21 Å². The molecule has 0 radical (unpaired) electrons. The van der Waals surface area contributed by atoms with E-state index in [4.69, 9.17) is 5.11 Å². The van der Waals surface area contributed by atoms with Crippen LogP contribution in [0.3, 0.4) is 0 Å². The molecule has 0 spiro atoms. The van der Waals surface area contributed by atoms with Gasteiger partial charge in [-0.2, -0.15) is 0 Å². The molecule has 0 saturated heterocycles. The molecule has 0 aliphatic heterocycles. The summed E-state index contributed by atoms with van der Waals surface area (Å²) in [4.78, 5) is 0. The van der Waals surface area contributed by atoms with Gasteiger partial charge in [-0.25, -0.2) is 4.72 Å². The second kappa shape index (κ2) is 3.96. The lowest BCUT2D eigenvalue weighted by Crippen LogP contribution is -2.25. The first kappa shape index (κ1) is 8.03. The Morgan fingerprint density at radius 3 is 2.62 bits per heavy atom. The molecule has 4 nitrogen and oxygen atoms in total. The fraction of sp³-hybridized carbons (Fsp3) is 1.00. The molecule has 50 valence electrons. The average molecular weight is 138 g/mol. The van der Waals surface area contributed by atoms with Gasteiger partial charge in [-0.05, 0) is 6.92 Å². The maximum atomic E-state index is 9.68. The minimum atomic E-state index is -2.25. The molecular weight excluding hydrogens is 130 g/mol. The number of rotatable bonds is 3. The lowest BCUT2D eigenvalue weighted by molar-refractivity contribution is 0.198. The number of nitrogens with one attached hydrogen (secondary N) is 1. The third-order valence-electron chi connectivity index (χ3n) is 0.497. The van der Waals surface area contributed by atoms with Gasteiger partial charge >= 0.3 is 0 Å². The summed E-state index contributed by atoms with van der Waals surface area (Å²) in [6.07, 6.45) is -0.618. The zero-order valence-electron chi connectivity index (χ0n) is 4.46. The molecule has 2 unspecified atom stereocenters. The second-order valence-corrected chi connectivity index (χ2v) is 2.19. The van der Waals surface area contributed by atoms with Crippen LogP contribution >= 0.6 is 0 Å². The maximum Gasteiger partial charge on any atom is 0.0646 e. The van der Waals surface area contributed by atoms with E-state index in [9.17, 15) is 8.76 Å². The quantitative estimate of drug-likeness (QED) is 0.479. The van der Waals surface area contributed by atoms with Crippen LogP contribution in [0.15, 0.2) is 0 Å². The minimum Gasteiger partial charge on any atom is -0.760 e. The predicted octanol–water partition coefficient (Wildman–Crippen LogP) is -1.25. The summed E-state index contributed by atoms with van der Waals surface area (Å²) in [5.41, 5.74) is 0. The highest BCUT2D eigenvalue weighted by molar-refractivity contribution is 7.77. The van der Waals surface area contributed by atoms with E-state index in [0.717, 1.165) is 0 Å². The smallest absolute Gasteiger partial charge is 0.0646 e. The van der Waals surface area contributed by atoms with Crippen molar-refractivity contribution in [2.75, 3.05) is 6.54 Å². The summed E-state index contributed by atoms with van der Waals surface area (Å²) in [5.74, 6) is 0. The molecule has 0 aliphatic rings. The van der Waals surface area contributed by atoms with Crippen LogP contribution in [0.2, 0.25) is 0 Å². The molecule has 0 saturated carbocycles. The Kier molecular flexibility index (Phi) is 3.98. The average Bonchev–Trinajstić information content (AvgIpc) is 1.61. The lowest BCUT2D eigenvalue weighted by Gasteiger charge is -2.07. The SMILES string of the molecule is CC(O)CNS(=O)[O-]. The van der Waals surface area contributed by atoms with Crippen molar-refractivity contribution in [3.8, 4) is 0 Å². The summed E-state index contributed by atoms with van der Waals surface area (Å²) < 4.78 is 21.4. The standard InChI is InChI=1S/C3H9NO3S/c1-3(5)2-4-8(6)7/h3-5H,2H2,1H3,(H,6,7)/p-1. The Morgan fingerprint density at radius 2 is 2.50 bits per heavy atom. The molecule has 0 fully saturated rings. The lowest BCUT2D eigenvalue weighted by atomic mass is 10.4. The van der Waals surface area contributed by atoms with Crippen LogP contribution in [0, 0.1) is 0 Å². The van der Waals surface area contributed by atoms with Crippen molar-refractivity contribution in [2.45, 2.75) is 13.0 Å². The van der Waals surface area contributed by atoms with Crippen molar-refractivity contribution in [3.63, 3.8) is 0 Å². The van der Waals surface area contributed by atoms with Crippen LogP contribution in [-0.4, -0.2) is 26.5 Å². The van der Waals surface area contributed by atoms with E-state index in [-0.39, 0.29) is 6.54 Å². The van der Waals surface area contributed by atoms with Crippen LogP contribution in [-0.2, 0) is 11.3 Å². The topological polar surface area (TPSA) is 72.4 Å². The van der Waals surface area contributed by atoms with Gasteiger partial charge in [-0.1, -0.05) is 0 Å². The predicted molar refractivity (Wildman–Crippen MR) is 28.6 cm³/mol. The van der Waals surface area contributed by atoms with Crippen LogP contribution in [0.5, 0.6) is 0 Å². The van der Waals surface area contributed by atoms with E-state index in [0.29, 0.717) is 0 Å². The van der Waals surface area contributed by atoms with E-state index >= 15 is 0 Å². The highest BCUT2D eigenvalue weighted by Crippen LogP contribution is 1.73. The third kappa shape index (κ3) is 6.03. The van der Waals surface area contributed by atoms with Crippen molar-refractivity contribution in [3.05, 3.63) is 0 Å². The summed E-state index contributed by atoms with van der Waals surface area (Å²) in [6, 6.07) is 0. The highest BCUT2D eigenvalue weighted by Gasteiger charge is 1.90. The summed E-state index contributed by atoms with van der Waals surface area (Å²) in [7, 11) is 0. The minimum absolute atomic E-state index is 0.0795. The Labute approximate surface area is 50.3 Å². The molecule has 0 aliphatic carbocycles. The van der Waals surface area contributed by atoms with Crippen molar-refractivity contribution in [1.82, 2.24) is 4.72 Å². The van der Waals surface area contributed by atoms with E-state index in [2.05, 4.69) is 0 Å². The van der Waals surface area contributed by atoms with Gasteiger partial charge in [0.25, 0.3) is 0 Å². The van der Waals surface area contributed by atoms with Crippen molar-refractivity contribution >= 4 is 11.3 Å². The molecule has 8 heavy (non-hydrogen) atoms. The van der Waals surface area contributed by atoms with Crippen LogP contribution in [0.25, 0.3) is 0 Å². The van der Waals surface area contributed by atoms with Gasteiger partial charge in [-0.15, -0.1) is 0 Å². The number of hydrogen-bond acceptors (Lipinski definition) is 3. The van der Waals surface area contributed by atoms with E-state index < -0.39 is 17.4 Å². The van der Waals surface area contributed by atoms with E-state index in [1.54, 1.807) is 0 Å². The molecular formula is C3H8NO3S-. The summed E-state index contributed by atoms with van der Waals surface area (Å²) in [6.45, 7) is 1.58. The summed E-state index contributed by atoms with van der Waals surface area (Å²) >= 11 is -2.25. The number of aliphatic hydroxyl groups is 1. The zero-order valence-corrected chi connectivity index (χ0v) is 5.27. The van der Waals surface area contributed by atoms with Gasteiger partial charge in [0.1, 0.15) is 0 Å². The molecule has 5 heteroatoms. The van der Waals surface area contributed by atoms with Gasteiger partial charge in [0.2, 0.25) is 0 Å². The Bertz CT molecular complexity index is 84.6. The van der Waals surface area contributed by atoms with Crippen molar-refractivity contribution < 1.29 is 13.9 Å². The Balaban J connectivity index is 3.05. The van der Waals surface area contributed by atoms with Crippen molar-refractivity contribution in [1.29, 1.82) is 0 Å². The van der Waals surface area contributed by atoms with Gasteiger partial charge < -0.3 is 9.66 Å². The molecule has 0 amide bonds. The normalized spacial score (nSPS) is 17.9. The molecule has 0 aromatic heterocycles. The first-order chi connectivity index (χ1) is 3.63. The van der Waals surface area contributed by atoms with E-state index in [1.807, 2.05) is 4.72 Å². The first-order valence-electron chi connectivity index (χ1n) is 2.13. The van der Waals surface area contributed by atoms with Crippen molar-refractivity contribution in [2.24, 2.45) is 0 Å². The monoisotopic (exact) mass is 138 g/mol. The highest BCUT2D eigenvalue weighted by atomic mass is 32.2. The molecule has 0 aromatic rings. The first-order valence-corrected chi connectivity index (χ1v) is 3.21. The molecule has 0 aromatic carbocycles. The Morgan fingerprint density at radius 1 is 2.00 bits per heavy atom. The molecule has 0 bridgehead atoms. The van der Waals surface area contributed by atoms with Gasteiger partial charge in [0.15, 0.2) is 0 Å². The van der Waals surface area contributed by atoms with Gasteiger partial charge in [0, 0.05) is 17.8 Å². The number of hydrogen-bond donors (Lipinski definition) is 2.